The van der Waals surface area contributed by atoms with E-state index in [0.717, 1.165) is 127 Å². The predicted octanol–water partition coefficient (Wildman–Crippen LogP) is 2.71. The van der Waals surface area contributed by atoms with Crippen molar-refractivity contribution in [3.05, 3.63) is 242 Å². The summed E-state index contributed by atoms with van der Waals surface area (Å²) in [6.07, 6.45) is 31.4. The number of nitrogens with zero attached hydrogens (tertiary/aromatic N) is 28. The van der Waals surface area contributed by atoms with Gasteiger partial charge in [-0.25, -0.2) is 89.9 Å². The second-order valence-corrected chi connectivity index (χ2v) is 29.0. The molecule has 0 aromatic carbocycles. The van der Waals surface area contributed by atoms with E-state index in [1.54, 1.807) is 95.2 Å². The minimum Gasteiger partial charge on any atom is -0.870 e. The van der Waals surface area contributed by atoms with Crippen LogP contribution in [-0.2, 0) is 87.0 Å². The molecule has 20 heterocycles. The zero-order valence-corrected chi connectivity index (χ0v) is 68.8. The molecule has 0 unspecified atom stereocenters. The molecule has 20 rings (SSSR count). The Morgan fingerprint density at radius 1 is 0.524 bits per heavy atom. The fourth-order valence-electron chi connectivity index (χ4n) is 13.2. The number of pyridine rings is 2. The van der Waals surface area contributed by atoms with Gasteiger partial charge in [-0.3, -0.25) is 4.79 Å². The van der Waals surface area contributed by atoms with Gasteiger partial charge in [0.15, 0.2) is 57.0 Å². The fraction of sp³-hybridized carbons (Fsp3) is 0.316. The quantitative estimate of drug-likeness (QED) is 0.0578. The predicted molar refractivity (Wildman–Crippen MR) is 429 cm³/mol. The van der Waals surface area contributed by atoms with Crippen LogP contribution >= 0.6 is 35.6 Å². The molecule has 0 radical (unpaired) electrons. The molecule has 0 atom stereocenters. The van der Waals surface area contributed by atoms with Crippen molar-refractivity contribution in [1.29, 1.82) is 0 Å². The topological polar surface area (TPSA) is 490 Å². The number of esters is 2. The number of carbonyl (C=O) groups excluding carboxylic acids is 3. The van der Waals surface area contributed by atoms with Crippen molar-refractivity contribution in [2.24, 2.45) is 23.5 Å². The van der Waals surface area contributed by atoms with E-state index in [-0.39, 0.29) is 88.2 Å². The molecule has 4 aliphatic heterocycles. The van der Waals surface area contributed by atoms with E-state index in [9.17, 15) is 28.0 Å². The second kappa shape index (κ2) is 40.4. The minimum atomic E-state index is -1.10. The maximum absolute atomic E-state index is 14.4. The molecule has 4 fully saturated rings. The van der Waals surface area contributed by atoms with Crippen molar-refractivity contribution in [2.45, 2.75) is 72.4 Å². The third-order valence-electron chi connectivity index (χ3n) is 19.3. The van der Waals surface area contributed by atoms with Gasteiger partial charge >= 0.3 is 36.8 Å². The molecule has 638 valence electrons. The average Bonchev–Trinajstić information content (AvgIpc) is 1.69. The van der Waals surface area contributed by atoms with Crippen LogP contribution in [0.5, 0.6) is 0 Å². The summed E-state index contributed by atoms with van der Waals surface area (Å²) in [6.45, 7) is 11.8. The summed E-state index contributed by atoms with van der Waals surface area (Å²) in [4.78, 5) is 73.4. The molecule has 124 heavy (non-hydrogen) atoms. The number of halogens is 5. The van der Waals surface area contributed by atoms with Crippen LogP contribution < -0.4 is 29.9 Å². The van der Waals surface area contributed by atoms with Crippen LogP contribution in [0.2, 0.25) is 10.0 Å². The summed E-state index contributed by atoms with van der Waals surface area (Å²) in [6, 6.07) is 10.8. The van der Waals surface area contributed by atoms with Gasteiger partial charge < -0.3 is 58.9 Å². The van der Waals surface area contributed by atoms with Crippen molar-refractivity contribution in [3.8, 4) is 0 Å². The van der Waals surface area contributed by atoms with Crippen LogP contribution in [0.4, 0.5) is 8.78 Å². The van der Waals surface area contributed by atoms with Gasteiger partial charge in [0.1, 0.15) is 11.0 Å². The Morgan fingerprint density at radius 2 is 0.895 bits per heavy atom. The van der Waals surface area contributed by atoms with Gasteiger partial charge in [0, 0.05) is 67.0 Å². The van der Waals surface area contributed by atoms with Gasteiger partial charge in [-0.15, -0.1) is 32.8 Å². The molecule has 0 aliphatic carbocycles. The van der Waals surface area contributed by atoms with Crippen LogP contribution in [0.15, 0.2) is 141 Å². The molecule has 0 saturated carbocycles. The number of amides is 1. The summed E-state index contributed by atoms with van der Waals surface area (Å²) in [7, 11) is 0. The van der Waals surface area contributed by atoms with Gasteiger partial charge in [-0.1, -0.05) is 44.1 Å². The fourth-order valence-corrected chi connectivity index (χ4v) is 13.5. The Hall–Kier alpha value is -12.9. The molecular weight excluding hydrogens is 1680 g/mol. The van der Waals surface area contributed by atoms with Crippen LogP contribution in [0.1, 0.15) is 112 Å². The van der Waals surface area contributed by atoms with Gasteiger partial charge in [0.05, 0.1) is 205 Å². The van der Waals surface area contributed by atoms with E-state index in [1.807, 2.05) is 49.1 Å². The number of fused-ring (bicyclic) bond motifs is 6. The smallest absolute Gasteiger partial charge is 0.870 e. The van der Waals surface area contributed by atoms with Gasteiger partial charge in [0.2, 0.25) is 0 Å². The van der Waals surface area contributed by atoms with Crippen molar-refractivity contribution in [3.63, 3.8) is 0 Å². The largest absolute Gasteiger partial charge is 1.00 e. The second-order valence-electron chi connectivity index (χ2n) is 28.2. The van der Waals surface area contributed by atoms with Crippen LogP contribution in [0, 0.1) is 29.4 Å². The number of carbonyl (C=O) groups is 4. The molecule has 1 amide bonds. The minimum absolute atomic E-state index is 0. The molecule has 0 spiro atoms. The Kier molecular flexibility index (Phi) is 29.0. The Morgan fingerprint density at radius 3 is 1.27 bits per heavy atom. The molecule has 48 heteroatoms. The van der Waals surface area contributed by atoms with E-state index in [2.05, 4.69) is 98.0 Å². The molecule has 4 saturated heterocycles. The summed E-state index contributed by atoms with van der Waals surface area (Å²) in [5.74, 6) is -1.98. The molecule has 42 nitrogen and oxygen atoms in total. The summed E-state index contributed by atoms with van der Waals surface area (Å²) < 4.78 is 74.7. The maximum atomic E-state index is 14.4. The Balaban J connectivity index is 0.000000136. The number of aromatic carboxylic acids is 1. The van der Waals surface area contributed by atoms with E-state index >= 15 is 0 Å². The molecule has 5 N–H and O–H groups in total. The Labute approximate surface area is 727 Å². The summed E-state index contributed by atoms with van der Waals surface area (Å²) >= 11 is 11.5. The van der Waals surface area contributed by atoms with E-state index in [0.29, 0.717) is 87.3 Å². The number of rotatable bonds is 24. The first kappa shape index (κ1) is 88.9. The third-order valence-corrected chi connectivity index (χ3v) is 19.9. The zero-order valence-electron chi connectivity index (χ0n) is 66.4. The molecule has 16 aromatic rings. The normalized spacial score (nSPS) is 13.6. The monoisotopic (exact) mass is 1750 g/mol. The number of aromatic nitrogens is 28. The van der Waals surface area contributed by atoms with Crippen molar-refractivity contribution in [1.82, 2.24) is 142 Å². The first-order valence-electron chi connectivity index (χ1n) is 38.0. The SMILES string of the molecule is CCOC(=O)c1cn(Cc2cn3nccc(C=C4COC4)c3n2)nn1.CCOC(=O)c1cn(Cc2cn3nccc(CC4COC4)c3n2)nn1.Cl.NCc1ncn2ccc(Cl)c(F)c12.O=C(NCc1ncn2ccc(Cl)c(F)c12)c1cn(Cc2cn3nccc(CC4COC4)c3n2)nn1.O=C(O)c1cn(Cc2cn3nccc(CC4COC4)c3n2)nn1.[Li+].[OH-]. The summed E-state index contributed by atoms with van der Waals surface area (Å²) in [5, 5.41) is 59.8. The van der Waals surface area contributed by atoms with Gasteiger partial charge in [0.25, 0.3) is 5.91 Å². The maximum Gasteiger partial charge on any atom is 1.00 e. The van der Waals surface area contributed by atoms with Gasteiger partial charge in [-0.05, 0) is 97.8 Å². The van der Waals surface area contributed by atoms with Crippen molar-refractivity contribution in [2.75, 3.05) is 66.1 Å². The van der Waals surface area contributed by atoms with E-state index in [4.69, 9.17) is 67.4 Å². The summed E-state index contributed by atoms with van der Waals surface area (Å²) in [5.41, 5.74) is 19.1. The number of hydrogen-bond acceptors (Lipinski definition) is 30. The van der Waals surface area contributed by atoms with E-state index in [1.165, 1.54) is 56.5 Å². The molecule has 4 aliphatic rings. The number of ether oxygens (including phenoxy) is 6. The van der Waals surface area contributed by atoms with Crippen LogP contribution in [-0.4, -0.2) is 238 Å². The number of nitrogens with two attached hydrogens (primary N) is 1. The first-order chi connectivity index (χ1) is 58.9. The van der Waals surface area contributed by atoms with Gasteiger partial charge in [-0.2, -0.15) is 20.4 Å². The third kappa shape index (κ3) is 20.7. The Bertz CT molecular complexity index is 6480. The van der Waals surface area contributed by atoms with Crippen molar-refractivity contribution >= 4 is 99.1 Å². The number of carboxylic acids is 1. The van der Waals surface area contributed by atoms with Crippen molar-refractivity contribution < 1.29 is 85.8 Å². The van der Waals surface area contributed by atoms with Crippen LogP contribution in [0.25, 0.3) is 39.7 Å². The average molecular weight is 1750 g/mol. The number of nitrogens with one attached hydrogen (secondary N) is 1. The molecule has 16 aromatic heterocycles. The zero-order chi connectivity index (χ0) is 83.6. The van der Waals surface area contributed by atoms with Crippen LogP contribution in [0.3, 0.4) is 0 Å². The van der Waals surface area contributed by atoms with E-state index < -0.39 is 35.4 Å². The standard InChI is InChI=1S/C22H19ClFN9O2.C16H18N6O3.C16H16N6O3.C14H14N6O3.C8H7ClFN3.ClH.Li.H2O/c23-16-2-4-31-12-26-17(20(31)19(16)24)6-25-22(34)18-9-32(30-29-18)7-15-8-33-21(28-15)14(1-3-27-33)5-13-10-35-11-13;2*1-2-25-16(23)14-8-21(20-19-14)6-13-7-22-15(18-13)12(3-4-17-22)5-11-9-24-10-11;21-14(22)12-6-19(18-17-12)4-11-5-20-13(16-11)10(1-2-15-20)3-9-7-23-8-9;9-5-1-2-13-4-12-6(3-11)8(13)7(5)10;;;/h1-4,8-9,12-13H,5-7,10-11H2,(H,25,34);3-4,7-8,11H,2,5-6,9-10H2,1H3;3-5,7-8H,2,6,9-10H2,1H3;1-2,5-6,9H,3-4,7-8H2,(H,21,22);1-2,4H,3,11H2;1H;;1H2/q;;;;;;+1;/p-1. The number of carboxylic acid groups (broad SMARTS) is 1. The first-order valence-corrected chi connectivity index (χ1v) is 38.7. The molecular formula is C76H76Cl3F2LiN30O12. The number of imidazole rings is 6. The number of hydrogen-bond donors (Lipinski definition) is 3. The molecule has 0 bridgehead atoms.